The Labute approximate surface area is 108 Å². The summed E-state index contributed by atoms with van der Waals surface area (Å²) in [6, 6.07) is 0. The second kappa shape index (κ2) is 5.88. The van der Waals surface area contributed by atoms with Crippen LogP contribution in [0.15, 0.2) is 11.0 Å². The molecular weight excluding hydrogens is 293 g/mol. The van der Waals surface area contributed by atoms with Gasteiger partial charge in [0.2, 0.25) is 5.43 Å². The highest BCUT2D eigenvalue weighted by Gasteiger charge is 2.34. The van der Waals surface area contributed by atoms with Crippen molar-refractivity contribution in [2.45, 2.75) is 19.7 Å². The van der Waals surface area contributed by atoms with E-state index in [1.54, 1.807) is 4.98 Å². The van der Waals surface area contributed by atoms with Crippen LogP contribution in [0, 0.1) is 0 Å². The topological polar surface area (TPSA) is 68.4 Å². The first kappa shape index (κ1) is 15.9. The lowest BCUT2D eigenvalue weighted by atomic mass is 10.2. The van der Waals surface area contributed by atoms with Crippen LogP contribution in [0.2, 0.25) is 0 Å². The van der Waals surface area contributed by atoms with Crippen LogP contribution in [0.5, 0.6) is 5.75 Å². The third kappa shape index (κ3) is 3.68. The van der Waals surface area contributed by atoms with E-state index in [-0.39, 0.29) is 6.61 Å². The summed E-state index contributed by atoms with van der Waals surface area (Å²) in [7, 11) is 0. The van der Waals surface area contributed by atoms with Gasteiger partial charge in [0.1, 0.15) is 11.3 Å². The fourth-order valence-electron chi connectivity index (χ4n) is 1.31. The van der Waals surface area contributed by atoms with Crippen molar-refractivity contribution in [1.82, 2.24) is 4.98 Å². The smallest absolute Gasteiger partial charge is 0.462 e. The quantitative estimate of drug-likeness (QED) is 0.685. The first-order valence-electron chi connectivity index (χ1n) is 5.14. The number of carbonyl (C=O) groups excluding carboxylic acids is 1. The fourth-order valence-corrected chi connectivity index (χ4v) is 1.31. The zero-order chi connectivity index (χ0) is 15.5. The Balaban J connectivity index is 3.39. The molecular formula is C10H8F5NO4. The van der Waals surface area contributed by atoms with Gasteiger partial charge >= 0.3 is 12.3 Å². The summed E-state index contributed by atoms with van der Waals surface area (Å²) in [5.74, 6) is -2.79. The third-order valence-electron chi connectivity index (χ3n) is 2.00. The van der Waals surface area contributed by atoms with Gasteiger partial charge in [-0.2, -0.15) is 0 Å². The number of aromatic amines is 1. The Kier molecular flexibility index (Phi) is 4.69. The standard InChI is InChI=1S/C10H8F5NO4/c1-2-19-9(18)5-6(8(11)12)16-3-4(7(5)17)20-10(13,14)15/h3,8H,2H2,1H3,(H,16,17). The predicted molar refractivity (Wildman–Crippen MR) is 54.7 cm³/mol. The summed E-state index contributed by atoms with van der Waals surface area (Å²) in [6.07, 6.45) is -8.17. The Morgan fingerprint density at radius 3 is 2.45 bits per heavy atom. The fraction of sp³-hybridized carbons (Fsp3) is 0.400. The van der Waals surface area contributed by atoms with Gasteiger partial charge in [-0.15, -0.1) is 13.2 Å². The summed E-state index contributed by atoms with van der Waals surface area (Å²) in [5, 5.41) is 0. The summed E-state index contributed by atoms with van der Waals surface area (Å²) in [6.45, 7) is 1.09. The van der Waals surface area contributed by atoms with Gasteiger partial charge in [-0.05, 0) is 6.92 Å². The van der Waals surface area contributed by atoms with E-state index in [1.165, 1.54) is 6.92 Å². The van der Waals surface area contributed by atoms with Crippen molar-refractivity contribution in [1.29, 1.82) is 0 Å². The van der Waals surface area contributed by atoms with Gasteiger partial charge < -0.3 is 14.5 Å². The molecule has 0 radical (unpaired) electrons. The zero-order valence-corrected chi connectivity index (χ0v) is 9.88. The van der Waals surface area contributed by atoms with E-state index in [2.05, 4.69) is 9.47 Å². The van der Waals surface area contributed by atoms with Crippen LogP contribution in [0.25, 0.3) is 0 Å². The number of hydrogen-bond donors (Lipinski definition) is 1. The minimum Gasteiger partial charge on any atom is -0.462 e. The highest BCUT2D eigenvalue weighted by atomic mass is 19.4. The Bertz CT molecular complexity index is 552. The van der Waals surface area contributed by atoms with Crippen LogP contribution >= 0.6 is 0 Å². The number of hydrogen-bond acceptors (Lipinski definition) is 4. The lowest BCUT2D eigenvalue weighted by Crippen LogP contribution is -2.27. The third-order valence-corrected chi connectivity index (χ3v) is 2.00. The molecule has 20 heavy (non-hydrogen) atoms. The molecule has 5 nitrogen and oxygen atoms in total. The van der Waals surface area contributed by atoms with Crippen molar-refractivity contribution in [2.75, 3.05) is 6.61 Å². The molecule has 10 heteroatoms. The van der Waals surface area contributed by atoms with Gasteiger partial charge in [-0.1, -0.05) is 0 Å². The maximum atomic E-state index is 12.6. The average Bonchev–Trinajstić information content (AvgIpc) is 2.29. The molecule has 1 heterocycles. The Morgan fingerprint density at radius 1 is 1.40 bits per heavy atom. The number of alkyl halides is 5. The molecule has 1 N–H and O–H groups in total. The normalized spacial score (nSPS) is 11.6. The van der Waals surface area contributed by atoms with E-state index in [0.717, 1.165) is 0 Å². The van der Waals surface area contributed by atoms with E-state index in [0.29, 0.717) is 6.20 Å². The minimum atomic E-state index is -5.20. The van der Waals surface area contributed by atoms with Crippen molar-refractivity contribution in [3.63, 3.8) is 0 Å². The van der Waals surface area contributed by atoms with Crippen molar-refractivity contribution < 1.29 is 36.2 Å². The average molecular weight is 301 g/mol. The zero-order valence-electron chi connectivity index (χ0n) is 9.88. The van der Waals surface area contributed by atoms with Crippen molar-refractivity contribution in [3.05, 3.63) is 27.7 Å². The summed E-state index contributed by atoms with van der Waals surface area (Å²) >= 11 is 0. The molecule has 0 saturated carbocycles. The maximum Gasteiger partial charge on any atom is 0.573 e. The van der Waals surface area contributed by atoms with Crippen molar-refractivity contribution in [2.24, 2.45) is 0 Å². The van der Waals surface area contributed by atoms with Gasteiger partial charge in [-0.3, -0.25) is 4.79 Å². The highest BCUT2D eigenvalue weighted by molar-refractivity contribution is 5.91. The first-order valence-corrected chi connectivity index (χ1v) is 5.14. The molecule has 0 aliphatic carbocycles. The lowest BCUT2D eigenvalue weighted by Gasteiger charge is -2.12. The molecule has 0 spiro atoms. The molecule has 0 atom stereocenters. The number of H-pyrrole nitrogens is 1. The second-order valence-electron chi connectivity index (χ2n) is 3.34. The summed E-state index contributed by atoms with van der Waals surface area (Å²) in [4.78, 5) is 24.7. The van der Waals surface area contributed by atoms with E-state index in [1.807, 2.05) is 0 Å². The molecule has 0 amide bonds. The van der Waals surface area contributed by atoms with E-state index in [4.69, 9.17) is 0 Å². The number of nitrogens with one attached hydrogen (secondary N) is 1. The van der Waals surface area contributed by atoms with Crippen LogP contribution in [0.4, 0.5) is 22.0 Å². The molecule has 0 aromatic carbocycles. The first-order chi connectivity index (χ1) is 9.17. The molecule has 1 aromatic rings. The molecule has 0 unspecified atom stereocenters. The molecule has 112 valence electrons. The molecule has 0 bridgehead atoms. The van der Waals surface area contributed by atoms with Gasteiger partial charge in [0.05, 0.1) is 6.61 Å². The number of aromatic nitrogens is 1. The minimum absolute atomic E-state index is 0.245. The number of pyridine rings is 1. The van der Waals surface area contributed by atoms with Crippen molar-refractivity contribution in [3.8, 4) is 5.75 Å². The summed E-state index contributed by atoms with van der Waals surface area (Å²) < 4.78 is 69.0. The number of esters is 1. The largest absolute Gasteiger partial charge is 0.573 e. The lowest BCUT2D eigenvalue weighted by molar-refractivity contribution is -0.275. The van der Waals surface area contributed by atoms with Crippen LogP contribution in [-0.4, -0.2) is 23.9 Å². The SMILES string of the molecule is CCOC(=O)c1c(C(F)F)[nH]cc(OC(F)(F)F)c1=O. The van der Waals surface area contributed by atoms with Crippen LogP contribution < -0.4 is 10.2 Å². The summed E-state index contributed by atoms with van der Waals surface area (Å²) in [5.41, 5.74) is -3.98. The number of rotatable bonds is 4. The van der Waals surface area contributed by atoms with E-state index < -0.39 is 41.2 Å². The molecule has 0 saturated heterocycles. The van der Waals surface area contributed by atoms with Crippen LogP contribution in [0.1, 0.15) is 29.4 Å². The molecule has 0 fully saturated rings. The van der Waals surface area contributed by atoms with Gasteiger partial charge in [-0.25, -0.2) is 13.6 Å². The number of halogens is 5. The Hall–Kier alpha value is -2.13. The Morgan fingerprint density at radius 2 is 2.00 bits per heavy atom. The molecule has 0 aliphatic rings. The number of ether oxygens (including phenoxy) is 2. The highest BCUT2D eigenvalue weighted by Crippen LogP contribution is 2.24. The molecule has 0 aliphatic heterocycles. The molecule has 1 rings (SSSR count). The predicted octanol–water partition coefficient (Wildman–Crippen LogP) is 2.39. The van der Waals surface area contributed by atoms with Gasteiger partial charge in [0.15, 0.2) is 5.75 Å². The maximum absolute atomic E-state index is 12.6. The van der Waals surface area contributed by atoms with Crippen LogP contribution in [0.3, 0.4) is 0 Å². The monoisotopic (exact) mass is 301 g/mol. The van der Waals surface area contributed by atoms with Crippen LogP contribution in [-0.2, 0) is 4.74 Å². The van der Waals surface area contributed by atoms with Gasteiger partial charge in [0.25, 0.3) is 6.43 Å². The second-order valence-corrected chi connectivity index (χ2v) is 3.34. The number of carbonyl (C=O) groups is 1. The van der Waals surface area contributed by atoms with E-state index in [9.17, 15) is 31.5 Å². The van der Waals surface area contributed by atoms with Crippen molar-refractivity contribution >= 4 is 5.97 Å². The van der Waals surface area contributed by atoms with Gasteiger partial charge in [0, 0.05) is 6.20 Å². The molecule has 1 aromatic heterocycles. The van der Waals surface area contributed by atoms with E-state index >= 15 is 0 Å².